The SMILES string of the molecule is Cc1ccc(S(=O)(=O)n2cc([C@@H](N)CN=[N+]=[N-])c3ccc(Br)cc32)cc1. The smallest absolute Gasteiger partial charge is 0.268 e. The molecule has 0 bridgehead atoms. The van der Waals surface area contributed by atoms with Gasteiger partial charge in [-0.3, -0.25) is 0 Å². The molecule has 3 aromatic rings. The predicted octanol–water partition coefficient (Wildman–Crippen LogP) is 4.26. The molecule has 0 unspecified atom stereocenters. The third-order valence-corrected chi connectivity index (χ3v) is 6.26. The molecule has 1 heterocycles. The monoisotopic (exact) mass is 433 g/mol. The number of aromatic nitrogens is 1. The maximum atomic E-state index is 13.1. The van der Waals surface area contributed by atoms with Gasteiger partial charge < -0.3 is 5.73 Å². The van der Waals surface area contributed by atoms with Crippen LogP contribution in [0.5, 0.6) is 0 Å². The van der Waals surface area contributed by atoms with Crippen molar-refractivity contribution in [1.29, 1.82) is 0 Å². The minimum atomic E-state index is -3.80. The Bertz CT molecular complexity index is 1120. The van der Waals surface area contributed by atoms with E-state index in [1.807, 2.05) is 13.0 Å². The molecule has 9 heteroatoms. The Hall–Kier alpha value is -2.32. The maximum absolute atomic E-state index is 13.1. The molecule has 3 rings (SSSR count). The molecule has 0 saturated carbocycles. The van der Waals surface area contributed by atoms with Crippen LogP contribution < -0.4 is 5.73 Å². The summed E-state index contributed by atoms with van der Waals surface area (Å²) >= 11 is 3.38. The number of aryl methyl sites for hydroxylation is 1. The third-order valence-electron chi connectivity index (χ3n) is 4.08. The summed E-state index contributed by atoms with van der Waals surface area (Å²) in [5.41, 5.74) is 16.7. The van der Waals surface area contributed by atoms with Crippen LogP contribution in [0, 0.1) is 6.92 Å². The molecule has 0 spiro atoms. The molecule has 0 radical (unpaired) electrons. The second-order valence-electron chi connectivity index (χ2n) is 5.88. The van der Waals surface area contributed by atoms with Crippen molar-refractivity contribution < 1.29 is 8.42 Å². The van der Waals surface area contributed by atoms with Gasteiger partial charge in [-0.2, -0.15) is 0 Å². The van der Waals surface area contributed by atoms with Crippen LogP contribution in [0.3, 0.4) is 0 Å². The van der Waals surface area contributed by atoms with Crippen LogP contribution in [-0.2, 0) is 10.0 Å². The van der Waals surface area contributed by atoms with E-state index in [2.05, 4.69) is 26.0 Å². The van der Waals surface area contributed by atoms with Gasteiger partial charge in [-0.05, 0) is 42.3 Å². The molecule has 0 aliphatic heterocycles. The fourth-order valence-electron chi connectivity index (χ4n) is 2.74. The van der Waals surface area contributed by atoms with Gasteiger partial charge in [-0.15, -0.1) is 0 Å². The van der Waals surface area contributed by atoms with E-state index in [1.54, 1.807) is 36.4 Å². The number of azide groups is 1. The molecule has 2 aromatic carbocycles. The van der Waals surface area contributed by atoms with E-state index in [-0.39, 0.29) is 11.4 Å². The first-order valence-corrected chi connectivity index (χ1v) is 9.97. The number of benzene rings is 2. The quantitative estimate of drug-likeness (QED) is 0.368. The summed E-state index contributed by atoms with van der Waals surface area (Å²) < 4.78 is 28.3. The van der Waals surface area contributed by atoms with Crippen LogP contribution in [-0.4, -0.2) is 18.9 Å². The van der Waals surface area contributed by atoms with Crippen LogP contribution in [0.4, 0.5) is 0 Å². The zero-order chi connectivity index (χ0) is 18.9. The highest BCUT2D eigenvalue weighted by atomic mass is 79.9. The van der Waals surface area contributed by atoms with Crippen molar-refractivity contribution in [3.8, 4) is 0 Å². The average Bonchev–Trinajstić information content (AvgIpc) is 2.99. The molecule has 0 fully saturated rings. The van der Waals surface area contributed by atoms with E-state index >= 15 is 0 Å². The highest BCUT2D eigenvalue weighted by molar-refractivity contribution is 9.10. The van der Waals surface area contributed by atoms with Gasteiger partial charge in [0.1, 0.15) is 0 Å². The molecule has 0 aliphatic rings. The van der Waals surface area contributed by atoms with Gasteiger partial charge in [0.2, 0.25) is 0 Å². The number of fused-ring (bicyclic) bond motifs is 1. The maximum Gasteiger partial charge on any atom is 0.268 e. The largest absolute Gasteiger partial charge is 0.324 e. The molecule has 0 saturated heterocycles. The molecule has 134 valence electrons. The molecule has 1 atom stereocenters. The first kappa shape index (κ1) is 18.5. The zero-order valence-corrected chi connectivity index (χ0v) is 16.3. The van der Waals surface area contributed by atoms with Crippen LogP contribution in [0.1, 0.15) is 17.2 Å². The first-order valence-electron chi connectivity index (χ1n) is 7.74. The van der Waals surface area contributed by atoms with Crippen molar-refractivity contribution in [3.05, 3.63) is 74.7 Å². The van der Waals surface area contributed by atoms with Crippen molar-refractivity contribution in [2.45, 2.75) is 17.9 Å². The number of nitrogens with zero attached hydrogens (tertiary/aromatic N) is 4. The predicted molar refractivity (Wildman–Crippen MR) is 104 cm³/mol. The minimum absolute atomic E-state index is 0.0380. The topological polar surface area (TPSA) is 114 Å². The number of hydrogen-bond donors (Lipinski definition) is 1. The third kappa shape index (κ3) is 3.34. The van der Waals surface area contributed by atoms with E-state index in [1.165, 1.54) is 10.2 Å². The van der Waals surface area contributed by atoms with Crippen LogP contribution in [0.15, 0.2) is 63.1 Å². The number of rotatable bonds is 5. The molecule has 0 amide bonds. The van der Waals surface area contributed by atoms with Gasteiger partial charge in [-0.25, -0.2) is 12.4 Å². The fraction of sp³-hybridized carbons (Fsp3) is 0.176. The van der Waals surface area contributed by atoms with E-state index in [0.717, 1.165) is 10.0 Å². The molecular formula is C17H16BrN5O2S. The minimum Gasteiger partial charge on any atom is -0.324 e. The van der Waals surface area contributed by atoms with Crippen molar-refractivity contribution in [1.82, 2.24) is 3.97 Å². The molecule has 7 nitrogen and oxygen atoms in total. The molecule has 26 heavy (non-hydrogen) atoms. The fourth-order valence-corrected chi connectivity index (χ4v) is 4.46. The number of nitrogens with two attached hydrogens (primary N) is 1. The highest BCUT2D eigenvalue weighted by Crippen LogP contribution is 2.31. The molecular weight excluding hydrogens is 418 g/mol. The van der Waals surface area contributed by atoms with Gasteiger partial charge >= 0.3 is 0 Å². The summed E-state index contributed by atoms with van der Waals surface area (Å²) in [4.78, 5) is 2.91. The van der Waals surface area contributed by atoms with E-state index in [0.29, 0.717) is 16.5 Å². The Morgan fingerprint density at radius 3 is 2.62 bits per heavy atom. The lowest BCUT2D eigenvalue weighted by molar-refractivity contribution is 0.588. The van der Waals surface area contributed by atoms with Crippen molar-refractivity contribution in [3.63, 3.8) is 0 Å². The Kier molecular flexibility index (Phi) is 5.06. The summed E-state index contributed by atoms with van der Waals surface area (Å²) in [7, 11) is -3.80. The summed E-state index contributed by atoms with van der Waals surface area (Å²) in [6, 6.07) is 11.4. The van der Waals surface area contributed by atoms with E-state index in [4.69, 9.17) is 11.3 Å². The second kappa shape index (κ2) is 7.13. The lowest BCUT2D eigenvalue weighted by Crippen LogP contribution is -2.14. The van der Waals surface area contributed by atoms with Crippen molar-refractivity contribution in [2.24, 2.45) is 10.8 Å². The lowest BCUT2D eigenvalue weighted by Gasteiger charge is -2.08. The van der Waals surface area contributed by atoms with Crippen molar-refractivity contribution >= 4 is 36.9 Å². The van der Waals surface area contributed by atoms with Crippen LogP contribution in [0.25, 0.3) is 21.3 Å². The van der Waals surface area contributed by atoms with Crippen LogP contribution >= 0.6 is 15.9 Å². The van der Waals surface area contributed by atoms with E-state index in [9.17, 15) is 8.42 Å². The lowest BCUT2D eigenvalue weighted by atomic mass is 10.1. The zero-order valence-electron chi connectivity index (χ0n) is 13.9. The van der Waals surface area contributed by atoms with Crippen LogP contribution in [0.2, 0.25) is 0 Å². The van der Waals surface area contributed by atoms with Gasteiger partial charge in [-0.1, -0.05) is 44.8 Å². The number of hydrogen-bond acceptors (Lipinski definition) is 4. The standard InChI is InChI=1S/C17H16BrN5O2S/c1-11-2-5-13(6-3-11)26(24,25)23-10-15(16(19)9-21-22-20)14-7-4-12(18)8-17(14)23/h2-8,10,16H,9,19H2,1H3/t16-/m0/s1. The Labute approximate surface area is 159 Å². The highest BCUT2D eigenvalue weighted by Gasteiger charge is 2.23. The first-order chi connectivity index (χ1) is 12.3. The molecule has 1 aromatic heterocycles. The summed E-state index contributed by atoms with van der Waals surface area (Å²) in [6.45, 7) is 1.93. The Morgan fingerprint density at radius 2 is 1.96 bits per heavy atom. The second-order valence-corrected chi connectivity index (χ2v) is 8.61. The molecule has 0 aliphatic carbocycles. The van der Waals surface area contributed by atoms with Gasteiger partial charge in [0.15, 0.2) is 0 Å². The summed E-state index contributed by atoms with van der Waals surface area (Å²) in [6.07, 6.45) is 1.50. The normalized spacial score (nSPS) is 12.7. The Morgan fingerprint density at radius 1 is 1.27 bits per heavy atom. The summed E-state index contributed by atoms with van der Waals surface area (Å²) in [5.74, 6) is 0. The van der Waals surface area contributed by atoms with E-state index < -0.39 is 16.1 Å². The van der Waals surface area contributed by atoms with Gasteiger partial charge in [0.25, 0.3) is 10.0 Å². The number of halogens is 1. The van der Waals surface area contributed by atoms with Gasteiger partial charge in [0, 0.05) is 33.6 Å². The Balaban J connectivity index is 2.24. The summed E-state index contributed by atoms with van der Waals surface area (Å²) in [5, 5.41) is 4.20. The van der Waals surface area contributed by atoms with Gasteiger partial charge in [0.05, 0.1) is 10.4 Å². The molecule has 2 N–H and O–H groups in total. The average molecular weight is 434 g/mol. The van der Waals surface area contributed by atoms with Crippen molar-refractivity contribution in [2.75, 3.05) is 6.54 Å².